The molecule has 0 aliphatic rings. The number of amides is 1. The fourth-order valence-electron chi connectivity index (χ4n) is 1.54. The van der Waals surface area contributed by atoms with Crippen LogP contribution in [0.25, 0.3) is 0 Å². The Morgan fingerprint density at radius 1 is 1.35 bits per heavy atom. The number of benzene rings is 1. The predicted molar refractivity (Wildman–Crippen MR) is 71.7 cm³/mol. The highest BCUT2D eigenvalue weighted by molar-refractivity contribution is 6.31. The molecule has 1 aromatic carbocycles. The molecule has 0 bridgehead atoms. The second-order valence-electron chi connectivity index (χ2n) is 3.88. The summed E-state index contributed by atoms with van der Waals surface area (Å²) < 4.78 is 0. The Morgan fingerprint density at radius 3 is 2.82 bits per heavy atom. The topological polar surface area (TPSA) is 41.1 Å². The van der Waals surface area contributed by atoms with Crippen LogP contribution < -0.4 is 10.6 Å². The summed E-state index contributed by atoms with van der Waals surface area (Å²) in [5, 5.41) is 6.73. The number of halogens is 1. The normalized spacial score (nSPS) is 10.3. The maximum Gasteiger partial charge on any atom is 0.251 e. The SMILES string of the molecule is CCNCCCNC(=O)c1cccc(Cl)c1C. The summed E-state index contributed by atoms with van der Waals surface area (Å²) in [6.07, 6.45) is 0.930. The molecule has 0 unspecified atom stereocenters. The molecule has 1 amide bonds. The second-order valence-corrected chi connectivity index (χ2v) is 4.28. The van der Waals surface area contributed by atoms with E-state index >= 15 is 0 Å². The first-order valence-electron chi connectivity index (χ1n) is 5.90. The lowest BCUT2D eigenvalue weighted by atomic mass is 10.1. The molecule has 1 aromatic rings. The summed E-state index contributed by atoms with van der Waals surface area (Å²) in [5.41, 5.74) is 1.49. The van der Waals surface area contributed by atoms with Crippen LogP contribution in [0, 0.1) is 6.92 Å². The van der Waals surface area contributed by atoms with Gasteiger partial charge in [-0.1, -0.05) is 24.6 Å². The van der Waals surface area contributed by atoms with Gasteiger partial charge < -0.3 is 10.6 Å². The zero-order valence-corrected chi connectivity index (χ0v) is 11.1. The van der Waals surface area contributed by atoms with Gasteiger partial charge in [-0.3, -0.25) is 4.79 Å². The standard InChI is InChI=1S/C13H19ClN2O/c1-3-15-8-5-9-16-13(17)11-6-4-7-12(14)10(11)2/h4,6-7,15H,3,5,8-9H2,1-2H3,(H,16,17). The third kappa shape index (κ3) is 4.36. The van der Waals surface area contributed by atoms with Crippen molar-refractivity contribution in [3.63, 3.8) is 0 Å². The van der Waals surface area contributed by atoms with E-state index in [1.54, 1.807) is 18.2 Å². The van der Waals surface area contributed by atoms with E-state index in [0.29, 0.717) is 17.1 Å². The number of carbonyl (C=O) groups is 1. The molecule has 2 N–H and O–H groups in total. The van der Waals surface area contributed by atoms with Gasteiger partial charge in [-0.15, -0.1) is 0 Å². The first-order valence-corrected chi connectivity index (χ1v) is 6.28. The molecular formula is C13H19ClN2O. The predicted octanol–water partition coefficient (Wildman–Crippen LogP) is 2.38. The van der Waals surface area contributed by atoms with Crippen molar-refractivity contribution in [2.45, 2.75) is 20.3 Å². The van der Waals surface area contributed by atoms with Crippen LogP contribution in [0.4, 0.5) is 0 Å². The molecule has 0 aliphatic carbocycles. The van der Waals surface area contributed by atoms with E-state index in [9.17, 15) is 4.79 Å². The Balaban J connectivity index is 2.44. The molecule has 0 radical (unpaired) electrons. The van der Waals surface area contributed by atoms with E-state index < -0.39 is 0 Å². The highest BCUT2D eigenvalue weighted by Crippen LogP contribution is 2.18. The quantitative estimate of drug-likeness (QED) is 0.766. The van der Waals surface area contributed by atoms with Crippen LogP contribution in [0.1, 0.15) is 29.3 Å². The molecule has 0 fully saturated rings. The van der Waals surface area contributed by atoms with Gasteiger partial charge in [-0.05, 0) is 44.1 Å². The summed E-state index contributed by atoms with van der Waals surface area (Å²) in [6, 6.07) is 5.38. The van der Waals surface area contributed by atoms with Crippen LogP contribution in [-0.4, -0.2) is 25.5 Å². The van der Waals surface area contributed by atoms with Crippen LogP contribution in [0.2, 0.25) is 5.02 Å². The first kappa shape index (κ1) is 14.0. The first-order chi connectivity index (χ1) is 8.16. The van der Waals surface area contributed by atoms with Crippen molar-refractivity contribution in [3.05, 3.63) is 34.3 Å². The largest absolute Gasteiger partial charge is 0.352 e. The van der Waals surface area contributed by atoms with Crippen molar-refractivity contribution < 1.29 is 4.79 Å². The lowest BCUT2D eigenvalue weighted by Crippen LogP contribution is -2.27. The molecule has 0 spiro atoms. The molecule has 3 nitrogen and oxygen atoms in total. The van der Waals surface area contributed by atoms with E-state index in [0.717, 1.165) is 25.1 Å². The van der Waals surface area contributed by atoms with Gasteiger partial charge in [-0.25, -0.2) is 0 Å². The van der Waals surface area contributed by atoms with Gasteiger partial charge in [-0.2, -0.15) is 0 Å². The zero-order chi connectivity index (χ0) is 12.7. The minimum absolute atomic E-state index is 0.0542. The van der Waals surface area contributed by atoms with E-state index in [-0.39, 0.29) is 5.91 Å². The summed E-state index contributed by atoms with van der Waals surface area (Å²) >= 11 is 5.97. The molecular weight excluding hydrogens is 236 g/mol. The van der Waals surface area contributed by atoms with Crippen molar-refractivity contribution in [1.29, 1.82) is 0 Å². The van der Waals surface area contributed by atoms with Gasteiger partial charge >= 0.3 is 0 Å². The average molecular weight is 255 g/mol. The van der Waals surface area contributed by atoms with Crippen molar-refractivity contribution >= 4 is 17.5 Å². The number of hydrogen-bond donors (Lipinski definition) is 2. The highest BCUT2D eigenvalue weighted by atomic mass is 35.5. The van der Waals surface area contributed by atoms with Gasteiger partial charge in [0.05, 0.1) is 0 Å². The molecule has 0 saturated heterocycles. The van der Waals surface area contributed by atoms with Crippen molar-refractivity contribution in [1.82, 2.24) is 10.6 Å². The fraction of sp³-hybridized carbons (Fsp3) is 0.462. The van der Waals surface area contributed by atoms with Crippen molar-refractivity contribution in [2.75, 3.05) is 19.6 Å². The van der Waals surface area contributed by atoms with Crippen LogP contribution in [-0.2, 0) is 0 Å². The molecule has 17 heavy (non-hydrogen) atoms. The fourth-order valence-corrected chi connectivity index (χ4v) is 1.72. The van der Waals surface area contributed by atoms with Gasteiger partial charge in [0.15, 0.2) is 0 Å². The Labute approximate surface area is 108 Å². The number of hydrogen-bond acceptors (Lipinski definition) is 2. The third-order valence-electron chi connectivity index (χ3n) is 2.58. The van der Waals surface area contributed by atoms with E-state index in [1.165, 1.54) is 0 Å². The monoisotopic (exact) mass is 254 g/mol. The summed E-state index contributed by atoms with van der Waals surface area (Å²) in [7, 11) is 0. The van der Waals surface area contributed by atoms with Crippen LogP contribution >= 0.6 is 11.6 Å². The Kier molecular flexibility index (Phi) is 6.01. The Morgan fingerprint density at radius 2 is 2.12 bits per heavy atom. The lowest BCUT2D eigenvalue weighted by Gasteiger charge is -2.08. The van der Waals surface area contributed by atoms with Gasteiger partial charge in [0.25, 0.3) is 5.91 Å². The van der Waals surface area contributed by atoms with Gasteiger partial charge in [0, 0.05) is 17.1 Å². The molecule has 0 atom stereocenters. The molecule has 0 saturated carbocycles. The Bertz CT molecular complexity index is 380. The molecule has 1 rings (SSSR count). The average Bonchev–Trinajstić information content (AvgIpc) is 2.32. The summed E-state index contributed by atoms with van der Waals surface area (Å²) in [5.74, 6) is -0.0542. The smallest absolute Gasteiger partial charge is 0.251 e. The van der Waals surface area contributed by atoms with Crippen molar-refractivity contribution in [3.8, 4) is 0 Å². The minimum Gasteiger partial charge on any atom is -0.352 e. The molecule has 4 heteroatoms. The zero-order valence-electron chi connectivity index (χ0n) is 10.3. The Hall–Kier alpha value is -1.06. The molecule has 0 aliphatic heterocycles. The van der Waals surface area contributed by atoms with Gasteiger partial charge in [0.1, 0.15) is 0 Å². The number of carbonyl (C=O) groups excluding carboxylic acids is 1. The molecule has 0 aromatic heterocycles. The highest BCUT2D eigenvalue weighted by Gasteiger charge is 2.09. The van der Waals surface area contributed by atoms with E-state index in [2.05, 4.69) is 17.6 Å². The van der Waals surface area contributed by atoms with Crippen LogP contribution in [0.3, 0.4) is 0 Å². The van der Waals surface area contributed by atoms with E-state index in [4.69, 9.17) is 11.6 Å². The van der Waals surface area contributed by atoms with Crippen LogP contribution in [0.15, 0.2) is 18.2 Å². The maximum atomic E-state index is 11.9. The second kappa shape index (κ2) is 7.30. The maximum absolute atomic E-state index is 11.9. The number of nitrogens with one attached hydrogen (secondary N) is 2. The minimum atomic E-state index is -0.0542. The van der Waals surface area contributed by atoms with Gasteiger partial charge in [0.2, 0.25) is 0 Å². The van der Waals surface area contributed by atoms with E-state index in [1.807, 2.05) is 6.92 Å². The summed E-state index contributed by atoms with van der Waals surface area (Å²) in [4.78, 5) is 11.9. The molecule has 0 heterocycles. The molecule has 94 valence electrons. The lowest BCUT2D eigenvalue weighted by molar-refractivity contribution is 0.0952. The number of rotatable bonds is 6. The summed E-state index contributed by atoms with van der Waals surface area (Å²) in [6.45, 7) is 6.48. The van der Waals surface area contributed by atoms with Crippen LogP contribution in [0.5, 0.6) is 0 Å². The third-order valence-corrected chi connectivity index (χ3v) is 2.99. The van der Waals surface area contributed by atoms with Crippen molar-refractivity contribution in [2.24, 2.45) is 0 Å².